The second kappa shape index (κ2) is 9.26. The molecular formula is C24H22BNO6. The summed E-state index contributed by atoms with van der Waals surface area (Å²) in [6.45, 7) is -0.0617. The predicted molar refractivity (Wildman–Crippen MR) is 119 cm³/mol. The highest BCUT2D eigenvalue weighted by Crippen LogP contribution is 2.44. The zero-order valence-electron chi connectivity index (χ0n) is 17.2. The molecule has 1 amide bonds. The van der Waals surface area contributed by atoms with Gasteiger partial charge in [-0.05, 0) is 27.8 Å². The van der Waals surface area contributed by atoms with E-state index in [0.29, 0.717) is 10.4 Å². The average Bonchev–Trinajstić information content (AvgIpc) is 3.11. The van der Waals surface area contributed by atoms with Gasteiger partial charge in [0.05, 0.1) is 0 Å². The van der Waals surface area contributed by atoms with Gasteiger partial charge in [0.2, 0.25) is 0 Å². The van der Waals surface area contributed by atoms with Crippen LogP contribution in [0.3, 0.4) is 0 Å². The lowest BCUT2D eigenvalue weighted by Gasteiger charge is -2.28. The molecule has 7 nitrogen and oxygen atoms in total. The van der Waals surface area contributed by atoms with Crippen molar-refractivity contribution in [2.75, 3.05) is 6.61 Å². The fraction of sp³-hybridized carbons (Fsp3) is 0.167. The number of aliphatic carboxylic acids is 1. The molecule has 1 aliphatic rings. The minimum atomic E-state index is -2.32. The summed E-state index contributed by atoms with van der Waals surface area (Å²) in [5.74, 6) is -1.60. The van der Waals surface area contributed by atoms with Crippen LogP contribution in [0.25, 0.3) is 11.1 Å². The summed E-state index contributed by atoms with van der Waals surface area (Å²) < 4.78 is 5.44. The van der Waals surface area contributed by atoms with Gasteiger partial charge in [0.1, 0.15) is 12.6 Å². The Morgan fingerprint density at radius 3 is 1.94 bits per heavy atom. The Morgan fingerprint density at radius 1 is 0.875 bits per heavy atom. The number of hydrogen-bond acceptors (Lipinski definition) is 5. The molecule has 0 heterocycles. The largest absolute Gasteiger partial charge is 0.593 e. The van der Waals surface area contributed by atoms with Crippen molar-refractivity contribution in [3.05, 3.63) is 95.6 Å². The van der Waals surface area contributed by atoms with Gasteiger partial charge in [-0.15, -0.1) is 0 Å². The van der Waals surface area contributed by atoms with E-state index in [4.69, 9.17) is 4.74 Å². The third-order valence-electron chi connectivity index (χ3n) is 5.69. The SMILES string of the molecule is O=C(O)[C@H](Cc1ccccc1)N(B(O)O)C(=O)OCC1c2ccccc2-c2ccccc21. The molecule has 0 unspecified atom stereocenters. The summed E-state index contributed by atoms with van der Waals surface area (Å²) in [6.07, 6.45) is -1.21. The number of fused-ring (bicyclic) bond motifs is 3. The maximum absolute atomic E-state index is 12.8. The molecule has 0 aliphatic heterocycles. The predicted octanol–water partition coefficient (Wildman–Crippen LogP) is 2.90. The second-order valence-electron chi connectivity index (χ2n) is 7.60. The monoisotopic (exact) mass is 431 g/mol. The van der Waals surface area contributed by atoms with Crippen molar-refractivity contribution in [3.8, 4) is 11.1 Å². The number of carbonyl (C=O) groups is 2. The average molecular weight is 431 g/mol. The van der Waals surface area contributed by atoms with Crippen molar-refractivity contribution in [1.29, 1.82) is 0 Å². The fourth-order valence-corrected chi connectivity index (χ4v) is 4.19. The number of carboxylic acids is 1. The Morgan fingerprint density at radius 2 is 1.41 bits per heavy atom. The van der Waals surface area contributed by atoms with Crippen molar-refractivity contribution in [3.63, 3.8) is 0 Å². The molecular weight excluding hydrogens is 409 g/mol. The highest BCUT2D eigenvalue weighted by Gasteiger charge is 2.39. The van der Waals surface area contributed by atoms with Gasteiger partial charge in [-0.25, -0.2) is 4.79 Å². The summed E-state index contributed by atoms with van der Waals surface area (Å²) in [6, 6.07) is 22.8. The van der Waals surface area contributed by atoms with Crippen LogP contribution in [0.4, 0.5) is 4.79 Å². The number of carboxylic acid groups (broad SMARTS) is 1. The van der Waals surface area contributed by atoms with Crippen LogP contribution in [-0.4, -0.2) is 51.9 Å². The van der Waals surface area contributed by atoms with E-state index < -0.39 is 25.4 Å². The summed E-state index contributed by atoms with van der Waals surface area (Å²) in [4.78, 5) is 25.1. The number of ether oxygens (including phenoxy) is 1. The van der Waals surface area contributed by atoms with Gasteiger partial charge in [-0.2, -0.15) is 0 Å². The van der Waals surface area contributed by atoms with Gasteiger partial charge in [0, 0.05) is 12.3 Å². The van der Waals surface area contributed by atoms with Gasteiger partial charge in [-0.1, -0.05) is 78.9 Å². The van der Waals surface area contributed by atoms with Crippen molar-refractivity contribution < 1.29 is 29.5 Å². The van der Waals surface area contributed by atoms with Crippen LogP contribution in [0, 0.1) is 0 Å². The lowest BCUT2D eigenvalue weighted by molar-refractivity contribution is -0.141. The fourth-order valence-electron chi connectivity index (χ4n) is 4.19. The van der Waals surface area contributed by atoms with Gasteiger partial charge < -0.3 is 19.9 Å². The number of benzene rings is 3. The molecule has 0 bridgehead atoms. The van der Waals surface area contributed by atoms with Crippen LogP contribution in [0.15, 0.2) is 78.9 Å². The standard InChI is InChI=1S/C24H22BNO6/c27-23(28)22(14-16-8-2-1-3-9-16)26(25(30)31)24(29)32-15-21-19-12-6-4-10-17(19)18-11-5-7-13-20(18)21/h1-13,21-22,30-31H,14-15H2,(H,27,28)/t22-/m0/s1. The summed E-state index contributed by atoms with van der Waals surface area (Å²) in [5, 5.41) is 29.3. The van der Waals surface area contributed by atoms with E-state index in [2.05, 4.69) is 0 Å². The molecule has 0 saturated carbocycles. The Hall–Kier alpha value is -3.62. The van der Waals surface area contributed by atoms with Crippen LogP contribution < -0.4 is 0 Å². The van der Waals surface area contributed by atoms with Crippen LogP contribution in [0.5, 0.6) is 0 Å². The lowest BCUT2D eigenvalue weighted by Crippen LogP contribution is -2.55. The number of carbonyl (C=O) groups excluding carboxylic acids is 1. The molecule has 4 rings (SSSR count). The molecule has 0 radical (unpaired) electrons. The number of amides is 1. The molecule has 0 aromatic heterocycles. The van der Waals surface area contributed by atoms with Crippen LogP contribution in [-0.2, 0) is 16.0 Å². The minimum Gasteiger partial charge on any atom is -0.480 e. The third kappa shape index (κ3) is 4.23. The molecule has 0 fully saturated rings. The smallest absolute Gasteiger partial charge is 0.480 e. The van der Waals surface area contributed by atoms with E-state index in [1.54, 1.807) is 30.3 Å². The Kier molecular flexibility index (Phi) is 6.25. The Labute approximate surface area is 185 Å². The number of hydrogen-bond donors (Lipinski definition) is 3. The zero-order valence-corrected chi connectivity index (χ0v) is 17.2. The van der Waals surface area contributed by atoms with E-state index in [1.165, 1.54) is 0 Å². The first kappa shape index (κ1) is 21.6. The maximum Gasteiger partial charge on any atom is 0.593 e. The first-order chi connectivity index (χ1) is 15.5. The zero-order chi connectivity index (χ0) is 22.7. The molecule has 1 aliphatic carbocycles. The molecule has 8 heteroatoms. The molecule has 0 saturated heterocycles. The summed E-state index contributed by atoms with van der Waals surface area (Å²) >= 11 is 0. The normalized spacial score (nSPS) is 13.1. The highest BCUT2D eigenvalue weighted by molar-refractivity contribution is 6.42. The van der Waals surface area contributed by atoms with E-state index >= 15 is 0 Å². The van der Waals surface area contributed by atoms with Crippen molar-refractivity contribution in [1.82, 2.24) is 4.81 Å². The number of nitrogens with zero attached hydrogens (tertiary/aromatic N) is 1. The lowest BCUT2D eigenvalue weighted by atomic mass is 9.96. The van der Waals surface area contributed by atoms with Gasteiger partial charge in [-0.3, -0.25) is 9.61 Å². The molecule has 3 aromatic rings. The van der Waals surface area contributed by atoms with Crippen molar-refractivity contribution in [2.24, 2.45) is 0 Å². The maximum atomic E-state index is 12.8. The third-order valence-corrected chi connectivity index (χ3v) is 5.69. The first-order valence-corrected chi connectivity index (χ1v) is 10.2. The highest BCUT2D eigenvalue weighted by atomic mass is 16.6. The minimum absolute atomic E-state index is 0.0617. The van der Waals surface area contributed by atoms with Crippen LogP contribution in [0.1, 0.15) is 22.6 Å². The quantitative estimate of drug-likeness (QED) is 0.497. The summed E-state index contributed by atoms with van der Waals surface area (Å²) in [7, 11) is -2.32. The van der Waals surface area contributed by atoms with Crippen LogP contribution >= 0.6 is 0 Å². The topological polar surface area (TPSA) is 107 Å². The van der Waals surface area contributed by atoms with E-state index in [-0.39, 0.29) is 18.9 Å². The van der Waals surface area contributed by atoms with Gasteiger partial charge in [0.15, 0.2) is 0 Å². The van der Waals surface area contributed by atoms with E-state index in [1.807, 2.05) is 48.5 Å². The van der Waals surface area contributed by atoms with E-state index in [0.717, 1.165) is 22.3 Å². The van der Waals surface area contributed by atoms with Gasteiger partial charge >= 0.3 is 19.3 Å². The Balaban J connectivity index is 1.54. The summed E-state index contributed by atoms with van der Waals surface area (Å²) in [5.41, 5.74) is 4.73. The van der Waals surface area contributed by atoms with Crippen molar-refractivity contribution in [2.45, 2.75) is 18.4 Å². The Bertz CT molecular complexity index is 1070. The molecule has 162 valence electrons. The molecule has 3 aromatic carbocycles. The second-order valence-corrected chi connectivity index (χ2v) is 7.60. The van der Waals surface area contributed by atoms with E-state index in [9.17, 15) is 24.7 Å². The number of rotatable bonds is 7. The van der Waals surface area contributed by atoms with Crippen molar-refractivity contribution >= 4 is 19.3 Å². The molecule has 1 atom stereocenters. The van der Waals surface area contributed by atoms with Gasteiger partial charge in [0.25, 0.3) is 0 Å². The molecule has 32 heavy (non-hydrogen) atoms. The first-order valence-electron chi connectivity index (χ1n) is 10.2. The molecule has 0 spiro atoms. The van der Waals surface area contributed by atoms with Crippen LogP contribution in [0.2, 0.25) is 0 Å². The molecule has 3 N–H and O–H groups in total.